The summed E-state index contributed by atoms with van der Waals surface area (Å²) in [6.45, 7) is 1.87. The molecule has 0 N–H and O–H groups in total. The van der Waals surface area contributed by atoms with Gasteiger partial charge in [0.1, 0.15) is 6.07 Å². The van der Waals surface area contributed by atoms with Gasteiger partial charge < -0.3 is 0 Å². The lowest BCUT2D eigenvalue weighted by Crippen LogP contribution is -1.95. The summed E-state index contributed by atoms with van der Waals surface area (Å²) in [5, 5.41) is 10.1. The van der Waals surface area contributed by atoms with Crippen LogP contribution in [0.4, 0.5) is 0 Å². The maximum atomic E-state index is 9.44. The van der Waals surface area contributed by atoms with Gasteiger partial charge in [0.15, 0.2) is 0 Å². The molecule has 112 valence electrons. The van der Waals surface area contributed by atoms with Crippen molar-refractivity contribution in [3.63, 3.8) is 0 Å². The Morgan fingerprint density at radius 1 is 1.23 bits per heavy atom. The Bertz CT molecular complexity index is 740. The van der Waals surface area contributed by atoms with Crippen LogP contribution in [-0.4, -0.2) is 17.5 Å². The zero-order chi connectivity index (χ0) is 16.1. The van der Waals surface area contributed by atoms with E-state index in [4.69, 9.17) is 11.6 Å². The highest BCUT2D eigenvalue weighted by Crippen LogP contribution is 2.30. The third-order valence-corrected chi connectivity index (χ3v) is 5.45. The van der Waals surface area contributed by atoms with Gasteiger partial charge in [0.25, 0.3) is 0 Å². The fraction of sp³-hybridized carbons (Fsp3) is 0.176. The van der Waals surface area contributed by atoms with Crippen LogP contribution in [0.15, 0.2) is 34.6 Å². The van der Waals surface area contributed by atoms with Crippen LogP contribution < -0.4 is 0 Å². The Labute approximate surface area is 144 Å². The van der Waals surface area contributed by atoms with E-state index in [9.17, 15) is 5.26 Å². The van der Waals surface area contributed by atoms with Crippen molar-refractivity contribution in [1.29, 1.82) is 5.26 Å². The second kappa shape index (κ2) is 7.73. The van der Waals surface area contributed by atoms with E-state index in [1.165, 1.54) is 4.24 Å². The van der Waals surface area contributed by atoms with Gasteiger partial charge in [0.05, 0.1) is 17.0 Å². The zero-order valence-electron chi connectivity index (χ0n) is 12.6. The lowest BCUT2D eigenvalue weighted by Gasteiger charge is -2.09. The second-order valence-corrected chi connectivity index (χ2v) is 6.94. The van der Waals surface area contributed by atoms with Crippen molar-refractivity contribution < 1.29 is 0 Å². The van der Waals surface area contributed by atoms with E-state index in [2.05, 4.69) is 11.1 Å². The first-order chi connectivity index (χ1) is 10.6. The second-order valence-electron chi connectivity index (χ2n) is 4.55. The van der Waals surface area contributed by atoms with Crippen LogP contribution in [0.2, 0.25) is 5.02 Å². The Hall–Kier alpha value is -1.41. The van der Waals surface area contributed by atoms with E-state index < -0.39 is 0 Å². The van der Waals surface area contributed by atoms with Gasteiger partial charge in [-0.15, -0.1) is 23.5 Å². The molecule has 0 saturated carbocycles. The highest BCUT2D eigenvalue weighted by Gasteiger charge is 2.11. The number of aromatic nitrogens is 1. The molecule has 2 rings (SSSR count). The van der Waals surface area contributed by atoms with Crippen LogP contribution in [0.5, 0.6) is 0 Å². The summed E-state index contributed by atoms with van der Waals surface area (Å²) in [5.74, 6) is 0. The average Bonchev–Trinajstić information content (AvgIpc) is 2.52. The Morgan fingerprint density at radius 3 is 2.41 bits per heavy atom. The first-order valence-electron chi connectivity index (χ1n) is 6.56. The van der Waals surface area contributed by atoms with Crippen LogP contribution in [0, 0.1) is 18.3 Å². The van der Waals surface area contributed by atoms with E-state index in [0.29, 0.717) is 10.6 Å². The molecule has 2 aromatic rings. The minimum atomic E-state index is 0.606. The molecule has 1 aromatic heterocycles. The molecule has 0 amide bonds. The summed E-state index contributed by atoms with van der Waals surface area (Å²) in [7, 11) is 0. The van der Waals surface area contributed by atoms with Crippen molar-refractivity contribution in [1.82, 2.24) is 4.98 Å². The smallest absolute Gasteiger partial charge is 0.102 e. The maximum absolute atomic E-state index is 9.44. The summed E-state index contributed by atoms with van der Waals surface area (Å²) in [6.07, 6.45) is 6.13. The number of benzene rings is 1. The number of pyridine rings is 1. The predicted octanol–water partition coefficient (Wildman–Crippen LogP) is 5.61. The number of hydrogen-bond donors (Lipinski definition) is 0. The molecule has 0 fully saturated rings. The van der Waals surface area contributed by atoms with E-state index >= 15 is 0 Å². The van der Waals surface area contributed by atoms with Crippen LogP contribution in [0.1, 0.15) is 17.0 Å². The van der Waals surface area contributed by atoms with Crippen molar-refractivity contribution in [2.75, 3.05) is 12.5 Å². The first-order valence-corrected chi connectivity index (χ1v) is 9.39. The van der Waals surface area contributed by atoms with Crippen molar-refractivity contribution in [3.8, 4) is 17.2 Å². The standard InChI is InChI=1S/C17H15ClN2S2/c1-11-16(10-19)15(12-4-6-13(18)7-5-12)8-14(20-11)9-17(21-2)22-3/h4-9H,1-3H3. The largest absolute Gasteiger partial charge is 0.252 e. The zero-order valence-corrected chi connectivity index (χ0v) is 14.9. The summed E-state index contributed by atoms with van der Waals surface area (Å²) in [6, 6.07) is 11.7. The normalized spacial score (nSPS) is 10.1. The quantitative estimate of drug-likeness (QED) is 0.721. The molecule has 2 nitrogen and oxygen atoms in total. The van der Waals surface area contributed by atoms with E-state index in [0.717, 1.165) is 22.5 Å². The number of hydrogen-bond acceptors (Lipinski definition) is 4. The molecule has 0 bridgehead atoms. The first kappa shape index (κ1) is 17.0. The number of nitrogens with zero attached hydrogens (tertiary/aromatic N) is 2. The molecule has 0 aliphatic heterocycles. The van der Waals surface area contributed by atoms with Gasteiger partial charge in [-0.25, -0.2) is 0 Å². The van der Waals surface area contributed by atoms with Crippen molar-refractivity contribution in [2.45, 2.75) is 6.92 Å². The lowest BCUT2D eigenvalue weighted by molar-refractivity contribution is 1.16. The number of thioether (sulfide) groups is 2. The minimum absolute atomic E-state index is 0.606. The molecular weight excluding hydrogens is 332 g/mol. The van der Waals surface area contributed by atoms with Crippen molar-refractivity contribution in [3.05, 3.63) is 56.5 Å². The molecular formula is C17H15ClN2S2. The van der Waals surface area contributed by atoms with E-state index in [1.54, 1.807) is 23.5 Å². The number of halogens is 1. The van der Waals surface area contributed by atoms with Gasteiger partial charge in [-0.2, -0.15) is 5.26 Å². The van der Waals surface area contributed by atoms with E-state index in [-0.39, 0.29) is 0 Å². The van der Waals surface area contributed by atoms with Crippen molar-refractivity contribution in [2.24, 2.45) is 0 Å². The molecule has 0 spiro atoms. The van der Waals surface area contributed by atoms with Gasteiger partial charge in [0, 0.05) is 14.8 Å². The van der Waals surface area contributed by atoms with Crippen LogP contribution in [0.25, 0.3) is 17.2 Å². The molecule has 22 heavy (non-hydrogen) atoms. The molecule has 0 atom stereocenters. The molecule has 0 aliphatic rings. The molecule has 5 heteroatoms. The molecule has 0 aliphatic carbocycles. The summed E-state index contributed by atoms with van der Waals surface area (Å²) >= 11 is 9.32. The number of rotatable bonds is 4. The van der Waals surface area contributed by atoms with Crippen LogP contribution in [0.3, 0.4) is 0 Å². The van der Waals surface area contributed by atoms with Gasteiger partial charge in [0.2, 0.25) is 0 Å². The summed E-state index contributed by atoms with van der Waals surface area (Å²) in [5.41, 5.74) is 4.06. The SMILES string of the molecule is CSC(=Cc1cc(-c2ccc(Cl)cc2)c(C#N)c(C)n1)SC. The molecule has 1 aromatic carbocycles. The molecule has 0 radical (unpaired) electrons. The van der Waals surface area contributed by atoms with Gasteiger partial charge in [-0.1, -0.05) is 23.7 Å². The average molecular weight is 347 g/mol. The third kappa shape index (κ3) is 3.86. The fourth-order valence-electron chi connectivity index (χ4n) is 2.09. The topological polar surface area (TPSA) is 36.7 Å². The Balaban J connectivity index is 2.61. The van der Waals surface area contributed by atoms with Gasteiger partial charge in [-0.3, -0.25) is 4.98 Å². The van der Waals surface area contributed by atoms with Gasteiger partial charge in [-0.05, 0) is 49.3 Å². The summed E-state index contributed by atoms with van der Waals surface area (Å²) in [4.78, 5) is 4.53. The number of aryl methyl sites for hydroxylation is 1. The maximum Gasteiger partial charge on any atom is 0.102 e. The van der Waals surface area contributed by atoms with Crippen LogP contribution >= 0.6 is 35.1 Å². The predicted molar refractivity (Wildman–Crippen MR) is 99.1 cm³/mol. The number of nitriles is 1. The highest BCUT2D eigenvalue weighted by atomic mass is 35.5. The lowest BCUT2D eigenvalue weighted by atomic mass is 9.99. The minimum Gasteiger partial charge on any atom is -0.252 e. The highest BCUT2D eigenvalue weighted by molar-refractivity contribution is 8.21. The van der Waals surface area contributed by atoms with Crippen molar-refractivity contribution >= 4 is 41.2 Å². The Morgan fingerprint density at radius 2 is 1.86 bits per heavy atom. The summed E-state index contributed by atoms with van der Waals surface area (Å²) < 4.78 is 1.18. The van der Waals surface area contributed by atoms with Gasteiger partial charge >= 0.3 is 0 Å². The Kier molecular flexibility index (Phi) is 5.96. The van der Waals surface area contributed by atoms with Crippen LogP contribution in [-0.2, 0) is 0 Å². The third-order valence-electron chi connectivity index (χ3n) is 3.16. The fourth-order valence-corrected chi connectivity index (χ4v) is 3.36. The van der Waals surface area contributed by atoms with E-state index in [1.807, 2.05) is 55.8 Å². The molecule has 0 saturated heterocycles. The molecule has 1 heterocycles. The monoisotopic (exact) mass is 346 g/mol. The molecule has 0 unspecified atom stereocenters.